The molecule has 0 aliphatic carbocycles. The van der Waals surface area contributed by atoms with Gasteiger partial charge in [-0.05, 0) is 56.7 Å². The Kier molecular flexibility index (Phi) is 5.49. The standard InChI is InChI=1S/C24H23N5O2/c1-14-7-8-18(23(30)26-13-21-27-15(2)11-16(3)28-21)12-20(14)29-24(31)19-6-4-5-17-9-10-25-22(17)19/h4-12,25H,13H2,1-3H3,(H,26,30)(H,29,31). The zero-order chi connectivity index (χ0) is 22.0. The fraction of sp³-hybridized carbons (Fsp3) is 0.167. The van der Waals surface area contributed by atoms with Gasteiger partial charge in [-0.15, -0.1) is 0 Å². The summed E-state index contributed by atoms with van der Waals surface area (Å²) in [5.74, 6) is 0.0626. The molecule has 4 aromatic rings. The lowest BCUT2D eigenvalue weighted by Crippen LogP contribution is -2.24. The smallest absolute Gasteiger partial charge is 0.257 e. The van der Waals surface area contributed by atoms with Crippen LogP contribution in [0.15, 0.2) is 54.7 Å². The molecule has 3 N–H and O–H groups in total. The van der Waals surface area contributed by atoms with Gasteiger partial charge in [-0.3, -0.25) is 9.59 Å². The SMILES string of the molecule is Cc1cc(C)nc(CNC(=O)c2ccc(C)c(NC(=O)c3cccc4cc[nH]c34)c2)n1. The lowest BCUT2D eigenvalue weighted by Gasteiger charge is -2.12. The summed E-state index contributed by atoms with van der Waals surface area (Å²) in [7, 11) is 0. The molecule has 0 spiro atoms. The number of hydrogen-bond donors (Lipinski definition) is 3. The molecule has 31 heavy (non-hydrogen) atoms. The number of amides is 2. The van der Waals surface area contributed by atoms with Crippen molar-refractivity contribution in [1.82, 2.24) is 20.3 Å². The minimum atomic E-state index is -0.260. The maximum Gasteiger partial charge on any atom is 0.257 e. The van der Waals surface area contributed by atoms with Crippen LogP contribution in [0.2, 0.25) is 0 Å². The summed E-state index contributed by atoms with van der Waals surface area (Å²) in [6.07, 6.45) is 1.80. The van der Waals surface area contributed by atoms with Crippen LogP contribution in [0.1, 0.15) is 43.5 Å². The highest BCUT2D eigenvalue weighted by atomic mass is 16.2. The predicted octanol–water partition coefficient (Wildman–Crippen LogP) is 4.07. The number of rotatable bonds is 5. The molecule has 2 aromatic heterocycles. The van der Waals surface area contributed by atoms with Gasteiger partial charge in [0.1, 0.15) is 5.82 Å². The van der Waals surface area contributed by atoms with Crippen LogP contribution in [-0.2, 0) is 6.54 Å². The van der Waals surface area contributed by atoms with Gasteiger partial charge in [-0.25, -0.2) is 9.97 Å². The molecule has 0 saturated heterocycles. The van der Waals surface area contributed by atoms with Crippen molar-refractivity contribution in [2.75, 3.05) is 5.32 Å². The highest BCUT2D eigenvalue weighted by Crippen LogP contribution is 2.21. The lowest BCUT2D eigenvalue weighted by molar-refractivity contribution is 0.0948. The maximum absolute atomic E-state index is 12.9. The third-order valence-electron chi connectivity index (χ3n) is 5.02. The van der Waals surface area contributed by atoms with Gasteiger partial charge in [0.25, 0.3) is 11.8 Å². The van der Waals surface area contributed by atoms with E-state index in [1.807, 2.05) is 51.1 Å². The summed E-state index contributed by atoms with van der Waals surface area (Å²) in [5, 5.41) is 6.73. The second-order valence-electron chi connectivity index (χ2n) is 7.48. The highest BCUT2D eigenvalue weighted by Gasteiger charge is 2.14. The molecule has 0 aliphatic heterocycles. The van der Waals surface area contributed by atoms with Crippen molar-refractivity contribution in [2.24, 2.45) is 0 Å². The van der Waals surface area contributed by atoms with Gasteiger partial charge in [-0.1, -0.05) is 18.2 Å². The Balaban J connectivity index is 1.50. The average Bonchev–Trinajstić information content (AvgIpc) is 3.21. The molecule has 2 amide bonds. The molecule has 0 atom stereocenters. The quantitative estimate of drug-likeness (QED) is 0.459. The summed E-state index contributed by atoms with van der Waals surface area (Å²) in [6.45, 7) is 5.90. The molecule has 0 fully saturated rings. The molecule has 2 heterocycles. The number of benzene rings is 2. The van der Waals surface area contributed by atoms with E-state index < -0.39 is 0 Å². The molecule has 0 radical (unpaired) electrons. The number of aryl methyl sites for hydroxylation is 3. The first-order chi connectivity index (χ1) is 14.9. The van der Waals surface area contributed by atoms with Crippen LogP contribution in [0.4, 0.5) is 5.69 Å². The number of aromatic nitrogens is 3. The maximum atomic E-state index is 12.9. The van der Waals surface area contributed by atoms with Gasteiger partial charge in [0.05, 0.1) is 17.6 Å². The molecule has 2 aromatic carbocycles. The second-order valence-corrected chi connectivity index (χ2v) is 7.48. The van der Waals surface area contributed by atoms with Crippen molar-refractivity contribution in [2.45, 2.75) is 27.3 Å². The fourth-order valence-electron chi connectivity index (χ4n) is 3.50. The summed E-state index contributed by atoms with van der Waals surface area (Å²) in [5.41, 5.74) is 4.93. The topological polar surface area (TPSA) is 99.8 Å². The molecule has 0 unspecified atom stereocenters. The Hall–Kier alpha value is -4.00. The van der Waals surface area contributed by atoms with E-state index in [0.717, 1.165) is 27.9 Å². The van der Waals surface area contributed by atoms with Gasteiger partial charge in [0, 0.05) is 34.2 Å². The van der Waals surface area contributed by atoms with Crippen molar-refractivity contribution in [3.63, 3.8) is 0 Å². The molecule has 4 rings (SSSR count). The van der Waals surface area contributed by atoms with Crippen molar-refractivity contribution >= 4 is 28.4 Å². The summed E-state index contributed by atoms with van der Waals surface area (Å²) >= 11 is 0. The Labute approximate surface area is 179 Å². The number of hydrogen-bond acceptors (Lipinski definition) is 4. The number of carbonyl (C=O) groups is 2. The van der Waals surface area contributed by atoms with Crippen LogP contribution in [0, 0.1) is 20.8 Å². The first-order valence-corrected chi connectivity index (χ1v) is 9.98. The van der Waals surface area contributed by atoms with Gasteiger partial charge < -0.3 is 15.6 Å². The number of para-hydroxylation sites is 1. The predicted molar refractivity (Wildman–Crippen MR) is 120 cm³/mol. The van der Waals surface area contributed by atoms with Crippen molar-refractivity contribution in [1.29, 1.82) is 0 Å². The van der Waals surface area contributed by atoms with Gasteiger partial charge in [0.15, 0.2) is 0 Å². The van der Waals surface area contributed by atoms with E-state index in [1.165, 1.54) is 0 Å². The molecular weight excluding hydrogens is 390 g/mol. The number of fused-ring (bicyclic) bond motifs is 1. The van der Waals surface area contributed by atoms with E-state index >= 15 is 0 Å². The van der Waals surface area contributed by atoms with Crippen LogP contribution in [0.25, 0.3) is 10.9 Å². The zero-order valence-corrected chi connectivity index (χ0v) is 17.6. The minimum Gasteiger partial charge on any atom is -0.361 e. The molecular formula is C24H23N5O2. The average molecular weight is 413 g/mol. The second kappa shape index (κ2) is 8.39. The number of nitrogens with one attached hydrogen (secondary N) is 3. The van der Waals surface area contributed by atoms with Gasteiger partial charge in [0.2, 0.25) is 0 Å². The van der Waals surface area contributed by atoms with Gasteiger partial charge in [-0.2, -0.15) is 0 Å². The third kappa shape index (κ3) is 4.45. The summed E-state index contributed by atoms with van der Waals surface area (Å²) < 4.78 is 0. The first kappa shape index (κ1) is 20.3. The number of aromatic amines is 1. The monoisotopic (exact) mass is 413 g/mol. The van der Waals surface area contributed by atoms with Crippen molar-refractivity contribution in [3.05, 3.63) is 88.6 Å². The molecule has 0 aliphatic rings. The number of carbonyl (C=O) groups excluding carboxylic acids is 2. The van der Waals surface area contributed by atoms with Crippen molar-refractivity contribution in [3.8, 4) is 0 Å². The normalized spacial score (nSPS) is 10.8. The largest absolute Gasteiger partial charge is 0.361 e. The number of nitrogens with zero attached hydrogens (tertiary/aromatic N) is 2. The van der Waals surface area contributed by atoms with E-state index in [2.05, 4.69) is 25.6 Å². The Morgan fingerprint density at radius 2 is 1.71 bits per heavy atom. The molecule has 7 heteroatoms. The zero-order valence-electron chi connectivity index (χ0n) is 17.6. The number of anilines is 1. The van der Waals surface area contributed by atoms with Crippen LogP contribution in [-0.4, -0.2) is 26.8 Å². The van der Waals surface area contributed by atoms with E-state index in [9.17, 15) is 9.59 Å². The summed E-state index contributed by atoms with van der Waals surface area (Å²) in [4.78, 5) is 37.3. The Bertz CT molecular complexity index is 1270. The summed E-state index contributed by atoms with van der Waals surface area (Å²) in [6, 6.07) is 14.6. The highest BCUT2D eigenvalue weighted by molar-refractivity contribution is 6.12. The first-order valence-electron chi connectivity index (χ1n) is 9.98. The Morgan fingerprint density at radius 1 is 0.935 bits per heavy atom. The number of H-pyrrole nitrogens is 1. The van der Waals surface area contributed by atoms with E-state index in [4.69, 9.17) is 0 Å². The molecule has 0 bridgehead atoms. The Morgan fingerprint density at radius 3 is 2.48 bits per heavy atom. The van der Waals surface area contributed by atoms with E-state index in [0.29, 0.717) is 22.6 Å². The fourth-order valence-corrected chi connectivity index (χ4v) is 3.50. The van der Waals surface area contributed by atoms with Crippen LogP contribution in [0.5, 0.6) is 0 Å². The van der Waals surface area contributed by atoms with Crippen LogP contribution in [0.3, 0.4) is 0 Å². The molecule has 7 nitrogen and oxygen atoms in total. The van der Waals surface area contributed by atoms with Crippen LogP contribution >= 0.6 is 0 Å². The van der Waals surface area contributed by atoms with E-state index in [-0.39, 0.29) is 18.4 Å². The minimum absolute atomic E-state index is 0.228. The van der Waals surface area contributed by atoms with Crippen molar-refractivity contribution < 1.29 is 9.59 Å². The van der Waals surface area contributed by atoms with E-state index in [1.54, 1.807) is 24.4 Å². The lowest BCUT2D eigenvalue weighted by atomic mass is 10.1. The molecule has 0 saturated carbocycles. The molecule has 156 valence electrons. The van der Waals surface area contributed by atoms with Gasteiger partial charge >= 0.3 is 0 Å². The third-order valence-corrected chi connectivity index (χ3v) is 5.02. The van der Waals surface area contributed by atoms with Crippen LogP contribution < -0.4 is 10.6 Å².